The van der Waals surface area contributed by atoms with Crippen LogP contribution >= 0.6 is 11.8 Å². The minimum atomic E-state index is -0.395. The Kier molecular flexibility index (Phi) is 4.79. The molecule has 17 heavy (non-hydrogen) atoms. The van der Waals surface area contributed by atoms with Gasteiger partial charge in [-0.1, -0.05) is 32.1 Å². The van der Waals surface area contributed by atoms with E-state index in [1.165, 1.54) is 44.9 Å². The van der Waals surface area contributed by atoms with Crippen LogP contribution in [0.4, 0.5) is 0 Å². The SMILES string of the molecule is CSC1(CNCC2(O)CCCC2)CCCCC1. The lowest BCUT2D eigenvalue weighted by Crippen LogP contribution is -2.45. The van der Waals surface area contributed by atoms with E-state index >= 15 is 0 Å². The lowest BCUT2D eigenvalue weighted by Gasteiger charge is -2.37. The fourth-order valence-electron chi connectivity index (χ4n) is 3.38. The van der Waals surface area contributed by atoms with E-state index in [1.54, 1.807) is 0 Å². The molecule has 0 aromatic heterocycles. The lowest BCUT2D eigenvalue weighted by molar-refractivity contribution is 0.0470. The first kappa shape index (κ1) is 13.7. The van der Waals surface area contributed by atoms with E-state index in [-0.39, 0.29) is 0 Å². The normalized spacial score (nSPS) is 27.2. The van der Waals surface area contributed by atoms with Crippen LogP contribution in [0.15, 0.2) is 0 Å². The van der Waals surface area contributed by atoms with Gasteiger partial charge in [0.25, 0.3) is 0 Å². The minimum Gasteiger partial charge on any atom is -0.389 e. The predicted octanol–water partition coefficient (Wildman–Crippen LogP) is 2.95. The maximum atomic E-state index is 10.3. The molecule has 0 aromatic carbocycles. The zero-order chi connectivity index (χ0) is 12.2. The summed E-state index contributed by atoms with van der Waals surface area (Å²) >= 11 is 2.03. The molecular formula is C14H27NOS. The predicted molar refractivity (Wildman–Crippen MR) is 75.6 cm³/mol. The summed E-state index contributed by atoms with van der Waals surface area (Å²) in [5.74, 6) is 0. The molecule has 2 rings (SSSR count). The molecule has 2 aliphatic carbocycles. The first-order chi connectivity index (χ1) is 8.18. The highest BCUT2D eigenvalue weighted by atomic mass is 32.2. The second-order valence-electron chi connectivity index (χ2n) is 5.98. The summed E-state index contributed by atoms with van der Waals surface area (Å²) < 4.78 is 0.452. The Labute approximate surface area is 110 Å². The maximum absolute atomic E-state index is 10.3. The Morgan fingerprint density at radius 1 is 0.941 bits per heavy atom. The van der Waals surface area contributed by atoms with Gasteiger partial charge in [-0.3, -0.25) is 0 Å². The molecule has 0 unspecified atom stereocenters. The van der Waals surface area contributed by atoms with Crippen LogP contribution in [0.3, 0.4) is 0 Å². The molecule has 0 aliphatic heterocycles. The van der Waals surface area contributed by atoms with Crippen molar-refractivity contribution in [2.45, 2.75) is 68.1 Å². The second kappa shape index (κ2) is 5.94. The van der Waals surface area contributed by atoms with Crippen molar-refractivity contribution in [1.29, 1.82) is 0 Å². The van der Waals surface area contributed by atoms with Crippen molar-refractivity contribution in [3.05, 3.63) is 0 Å². The molecule has 0 aromatic rings. The molecule has 2 aliphatic rings. The van der Waals surface area contributed by atoms with Gasteiger partial charge in [-0.05, 0) is 31.9 Å². The van der Waals surface area contributed by atoms with Gasteiger partial charge < -0.3 is 10.4 Å². The van der Waals surface area contributed by atoms with E-state index < -0.39 is 5.60 Å². The molecule has 0 saturated heterocycles. The van der Waals surface area contributed by atoms with Crippen molar-refractivity contribution in [1.82, 2.24) is 5.32 Å². The summed E-state index contributed by atoms with van der Waals surface area (Å²) in [7, 11) is 0. The second-order valence-corrected chi connectivity index (χ2v) is 7.26. The molecule has 2 saturated carbocycles. The Balaban J connectivity index is 1.75. The molecular weight excluding hydrogens is 230 g/mol. The van der Waals surface area contributed by atoms with Gasteiger partial charge in [0.05, 0.1) is 5.60 Å². The van der Waals surface area contributed by atoms with Crippen LogP contribution in [0.25, 0.3) is 0 Å². The zero-order valence-electron chi connectivity index (χ0n) is 11.1. The number of aliphatic hydroxyl groups is 1. The Morgan fingerprint density at radius 2 is 1.53 bits per heavy atom. The van der Waals surface area contributed by atoms with Crippen LogP contribution in [0, 0.1) is 0 Å². The van der Waals surface area contributed by atoms with E-state index in [4.69, 9.17) is 0 Å². The highest BCUT2D eigenvalue weighted by Crippen LogP contribution is 2.38. The average molecular weight is 257 g/mol. The van der Waals surface area contributed by atoms with Crippen molar-refractivity contribution in [2.75, 3.05) is 19.3 Å². The van der Waals surface area contributed by atoms with Crippen LogP contribution in [0.2, 0.25) is 0 Å². The quantitative estimate of drug-likeness (QED) is 0.794. The summed E-state index contributed by atoms with van der Waals surface area (Å²) in [5.41, 5.74) is -0.395. The van der Waals surface area contributed by atoms with Crippen LogP contribution in [0.5, 0.6) is 0 Å². The Hall–Kier alpha value is 0.270. The van der Waals surface area contributed by atoms with Gasteiger partial charge in [-0.25, -0.2) is 0 Å². The molecule has 0 radical (unpaired) electrons. The zero-order valence-corrected chi connectivity index (χ0v) is 12.0. The third kappa shape index (κ3) is 3.62. The monoisotopic (exact) mass is 257 g/mol. The number of nitrogens with one attached hydrogen (secondary N) is 1. The fraction of sp³-hybridized carbons (Fsp3) is 1.00. The van der Waals surface area contributed by atoms with Crippen molar-refractivity contribution in [3.63, 3.8) is 0 Å². The highest BCUT2D eigenvalue weighted by molar-refractivity contribution is 8.00. The first-order valence-electron chi connectivity index (χ1n) is 7.16. The molecule has 0 spiro atoms. The largest absolute Gasteiger partial charge is 0.389 e. The molecule has 2 N–H and O–H groups in total. The van der Waals surface area contributed by atoms with E-state index in [1.807, 2.05) is 11.8 Å². The summed E-state index contributed by atoms with van der Waals surface area (Å²) in [6.07, 6.45) is 13.5. The van der Waals surface area contributed by atoms with Gasteiger partial charge in [0.15, 0.2) is 0 Å². The Morgan fingerprint density at radius 3 is 2.12 bits per heavy atom. The number of thioether (sulfide) groups is 1. The van der Waals surface area contributed by atoms with Gasteiger partial charge in [-0.15, -0.1) is 0 Å². The van der Waals surface area contributed by atoms with E-state index in [9.17, 15) is 5.11 Å². The van der Waals surface area contributed by atoms with Crippen LogP contribution < -0.4 is 5.32 Å². The molecule has 100 valence electrons. The van der Waals surface area contributed by atoms with E-state index in [2.05, 4.69) is 11.6 Å². The third-order valence-electron chi connectivity index (χ3n) is 4.63. The molecule has 0 atom stereocenters. The highest BCUT2D eigenvalue weighted by Gasteiger charge is 2.34. The third-order valence-corrected chi connectivity index (χ3v) is 6.05. The standard InChI is InChI=1S/C14H27NOS/c1-17-14(9-3-2-4-10-14)12-15-11-13(16)7-5-6-8-13/h15-16H,2-12H2,1H3. The molecule has 0 heterocycles. The van der Waals surface area contributed by atoms with Gasteiger partial charge in [0, 0.05) is 17.8 Å². The van der Waals surface area contributed by atoms with Gasteiger partial charge in [0.1, 0.15) is 0 Å². The number of hydrogen-bond acceptors (Lipinski definition) is 3. The van der Waals surface area contributed by atoms with Gasteiger partial charge >= 0.3 is 0 Å². The summed E-state index contributed by atoms with van der Waals surface area (Å²) in [5, 5.41) is 13.9. The van der Waals surface area contributed by atoms with E-state index in [0.29, 0.717) is 4.75 Å². The maximum Gasteiger partial charge on any atom is 0.0771 e. The summed E-state index contributed by atoms with van der Waals surface area (Å²) in [6.45, 7) is 1.88. The van der Waals surface area contributed by atoms with E-state index in [0.717, 1.165) is 25.9 Å². The van der Waals surface area contributed by atoms with Crippen molar-refractivity contribution < 1.29 is 5.11 Å². The molecule has 2 fully saturated rings. The Bertz CT molecular complexity index is 232. The lowest BCUT2D eigenvalue weighted by atomic mass is 9.88. The van der Waals surface area contributed by atoms with Crippen molar-refractivity contribution in [3.8, 4) is 0 Å². The fourth-order valence-corrected chi connectivity index (χ4v) is 4.33. The smallest absolute Gasteiger partial charge is 0.0771 e. The summed E-state index contributed by atoms with van der Waals surface area (Å²) in [6, 6.07) is 0. The van der Waals surface area contributed by atoms with Gasteiger partial charge in [-0.2, -0.15) is 11.8 Å². The molecule has 3 heteroatoms. The molecule has 2 nitrogen and oxygen atoms in total. The average Bonchev–Trinajstić information content (AvgIpc) is 2.77. The van der Waals surface area contributed by atoms with Crippen molar-refractivity contribution in [2.24, 2.45) is 0 Å². The van der Waals surface area contributed by atoms with Crippen LogP contribution in [0.1, 0.15) is 57.8 Å². The van der Waals surface area contributed by atoms with Crippen LogP contribution in [-0.2, 0) is 0 Å². The van der Waals surface area contributed by atoms with Crippen LogP contribution in [-0.4, -0.2) is 34.8 Å². The minimum absolute atomic E-state index is 0.395. The number of hydrogen-bond donors (Lipinski definition) is 2. The van der Waals surface area contributed by atoms with Crippen molar-refractivity contribution >= 4 is 11.8 Å². The molecule has 0 amide bonds. The topological polar surface area (TPSA) is 32.3 Å². The molecule has 0 bridgehead atoms. The first-order valence-corrected chi connectivity index (χ1v) is 8.39. The van der Waals surface area contributed by atoms with Gasteiger partial charge in [0.2, 0.25) is 0 Å². The number of rotatable bonds is 5. The summed E-state index contributed by atoms with van der Waals surface area (Å²) in [4.78, 5) is 0.